The molecule has 0 aromatic heterocycles. The van der Waals surface area contributed by atoms with Gasteiger partial charge in [-0.3, -0.25) is 4.79 Å². The van der Waals surface area contributed by atoms with Gasteiger partial charge in [0.25, 0.3) is 0 Å². The van der Waals surface area contributed by atoms with Gasteiger partial charge in [0.1, 0.15) is 0 Å². The highest BCUT2D eigenvalue weighted by atomic mass is 35.5. The highest BCUT2D eigenvalue weighted by Gasteiger charge is 2.19. The van der Waals surface area contributed by atoms with Gasteiger partial charge in [0.15, 0.2) is 0 Å². The smallest absolute Gasteiger partial charge is 0.241 e. The van der Waals surface area contributed by atoms with Crippen molar-refractivity contribution in [2.45, 2.75) is 32.1 Å². The van der Waals surface area contributed by atoms with E-state index in [-0.39, 0.29) is 5.24 Å². The predicted molar refractivity (Wildman–Crippen MR) is 88.6 cm³/mol. The molecule has 7 heteroatoms. The van der Waals surface area contributed by atoms with E-state index in [4.69, 9.17) is 11.6 Å². The number of hydrogen-bond donors (Lipinski definition) is 1. The van der Waals surface area contributed by atoms with Crippen LogP contribution < -0.4 is 4.72 Å². The summed E-state index contributed by atoms with van der Waals surface area (Å²) in [6.07, 6.45) is 0.301. The summed E-state index contributed by atoms with van der Waals surface area (Å²) in [5.74, 6) is 1.21. The Morgan fingerprint density at radius 1 is 1.19 bits per heavy atom. The average molecular weight is 350 g/mol. The van der Waals surface area contributed by atoms with Gasteiger partial charge < -0.3 is 0 Å². The largest absolute Gasteiger partial charge is 0.281 e. The fraction of sp³-hybridized carbons (Fsp3) is 0.500. The molecule has 0 saturated heterocycles. The number of aryl methyl sites for hydroxylation is 3. The summed E-state index contributed by atoms with van der Waals surface area (Å²) >= 11 is 6.72. The fourth-order valence-corrected chi connectivity index (χ4v) is 4.76. The van der Waals surface area contributed by atoms with E-state index in [9.17, 15) is 13.2 Å². The maximum absolute atomic E-state index is 12.3. The molecule has 1 aromatic rings. The van der Waals surface area contributed by atoms with Crippen molar-refractivity contribution < 1.29 is 13.2 Å². The Balaban J connectivity index is 2.61. The summed E-state index contributed by atoms with van der Waals surface area (Å²) in [5.41, 5.74) is 2.55. The number of rotatable bonds is 8. The summed E-state index contributed by atoms with van der Waals surface area (Å²) < 4.78 is 27.3. The zero-order valence-electron chi connectivity index (χ0n) is 12.4. The maximum Gasteiger partial charge on any atom is 0.241 e. The monoisotopic (exact) mass is 349 g/mol. The molecule has 0 aliphatic heterocycles. The van der Waals surface area contributed by atoms with Gasteiger partial charge in [-0.05, 0) is 43.5 Å². The van der Waals surface area contributed by atoms with E-state index in [1.165, 1.54) is 11.8 Å². The third kappa shape index (κ3) is 5.98. The van der Waals surface area contributed by atoms with Crippen LogP contribution in [0.15, 0.2) is 17.0 Å². The molecule has 0 aliphatic rings. The van der Waals surface area contributed by atoms with Gasteiger partial charge in [0.05, 0.1) is 4.90 Å². The number of nitrogens with one attached hydrogen (secondary N) is 1. The average Bonchev–Trinajstić information content (AvgIpc) is 2.31. The van der Waals surface area contributed by atoms with Gasteiger partial charge in [0, 0.05) is 24.5 Å². The number of sulfonamides is 1. The molecule has 0 spiro atoms. The lowest BCUT2D eigenvalue weighted by Gasteiger charge is -2.13. The number of thioether (sulfide) groups is 1. The number of carbonyl (C=O) groups is 1. The Kier molecular flexibility index (Phi) is 7.20. The summed E-state index contributed by atoms with van der Waals surface area (Å²) in [7, 11) is -3.50. The maximum atomic E-state index is 12.3. The first kappa shape index (κ1) is 18.5. The summed E-state index contributed by atoms with van der Waals surface area (Å²) in [4.78, 5) is 10.9. The van der Waals surface area contributed by atoms with Crippen LogP contribution in [0.3, 0.4) is 0 Å². The summed E-state index contributed by atoms with van der Waals surface area (Å²) in [6, 6.07) is 3.73. The second kappa shape index (κ2) is 8.17. The van der Waals surface area contributed by atoms with E-state index < -0.39 is 10.0 Å². The highest BCUT2D eigenvalue weighted by molar-refractivity contribution is 7.99. The number of benzene rings is 1. The van der Waals surface area contributed by atoms with E-state index in [2.05, 4.69) is 4.72 Å². The molecular weight excluding hydrogens is 330 g/mol. The molecule has 0 aliphatic carbocycles. The van der Waals surface area contributed by atoms with Crippen LogP contribution in [-0.4, -0.2) is 31.7 Å². The van der Waals surface area contributed by atoms with Crippen LogP contribution in [0.5, 0.6) is 0 Å². The molecule has 1 rings (SSSR count). The van der Waals surface area contributed by atoms with Crippen molar-refractivity contribution >= 4 is 38.6 Å². The molecule has 0 bridgehead atoms. The molecule has 1 N–H and O–H groups in total. The van der Waals surface area contributed by atoms with Gasteiger partial charge in [-0.15, -0.1) is 0 Å². The van der Waals surface area contributed by atoms with Crippen LogP contribution in [0.1, 0.15) is 23.1 Å². The van der Waals surface area contributed by atoms with Gasteiger partial charge in [-0.2, -0.15) is 11.8 Å². The zero-order valence-corrected chi connectivity index (χ0v) is 14.8. The first-order valence-corrected chi connectivity index (χ1v) is 9.59. The lowest BCUT2D eigenvalue weighted by molar-refractivity contribution is -0.111. The third-order valence-corrected chi connectivity index (χ3v) is 5.79. The van der Waals surface area contributed by atoms with Crippen LogP contribution in [0, 0.1) is 20.8 Å². The van der Waals surface area contributed by atoms with Crippen LogP contribution >= 0.6 is 23.4 Å². The number of hydrogen-bond acceptors (Lipinski definition) is 4. The second-order valence-electron chi connectivity index (χ2n) is 4.84. The highest BCUT2D eigenvalue weighted by Crippen LogP contribution is 2.21. The van der Waals surface area contributed by atoms with Crippen molar-refractivity contribution in [2.24, 2.45) is 0 Å². The standard InChI is InChI=1S/C14H20ClNO3S2/c1-10-8-11(2)14(12(3)9-10)21(18,19)16-5-7-20-6-4-13(15)17/h8-9,16H,4-7H2,1-3H3. The molecule has 0 atom stereocenters. The Morgan fingerprint density at radius 2 is 1.76 bits per heavy atom. The molecule has 21 heavy (non-hydrogen) atoms. The Hall–Kier alpha value is -0.560. The molecule has 0 amide bonds. The summed E-state index contributed by atoms with van der Waals surface area (Å²) in [6.45, 7) is 5.87. The van der Waals surface area contributed by atoms with E-state index >= 15 is 0 Å². The first-order chi connectivity index (χ1) is 9.74. The van der Waals surface area contributed by atoms with Gasteiger partial charge in [-0.1, -0.05) is 17.7 Å². The SMILES string of the molecule is Cc1cc(C)c(S(=O)(=O)NCCSCCC(=O)Cl)c(C)c1. The zero-order chi connectivity index (χ0) is 16.0. The fourth-order valence-electron chi connectivity index (χ4n) is 2.17. The quantitative estimate of drug-likeness (QED) is 0.579. The van der Waals surface area contributed by atoms with Gasteiger partial charge in [-0.25, -0.2) is 13.1 Å². The molecule has 4 nitrogen and oxygen atoms in total. The summed E-state index contributed by atoms with van der Waals surface area (Å²) in [5, 5.41) is -0.367. The van der Waals surface area contributed by atoms with Crippen molar-refractivity contribution in [2.75, 3.05) is 18.1 Å². The molecule has 0 radical (unpaired) electrons. The van der Waals surface area contributed by atoms with E-state index in [0.29, 0.717) is 29.4 Å². The lowest BCUT2D eigenvalue weighted by Crippen LogP contribution is -2.27. The van der Waals surface area contributed by atoms with Crippen LogP contribution in [0.4, 0.5) is 0 Å². The lowest BCUT2D eigenvalue weighted by atomic mass is 10.1. The molecule has 0 fully saturated rings. The Labute approximate surface area is 135 Å². The topological polar surface area (TPSA) is 63.2 Å². The third-order valence-electron chi connectivity index (χ3n) is 2.85. The van der Waals surface area contributed by atoms with Crippen molar-refractivity contribution in [3.8, 4) is 0 Å². The van der Waals surface area contributed by atoms with E-state index in [1.54, 1.807) is 13.8 Å². The molecule has 0 unspecified atom stereocenters. The van der Waals surface area contributed by atoms with Gasteiger partial charge >= 0.3 is 0 Å². The number of halogens is 1. The van der Waals surface area contributed by atoms with Crippen molar-refractivity contribution in [1.29, 1.82) is 0 Å². The number of carbonyl (C=O) groups excluding carboxylic acids is 1. The van der Waals surface area contributed by atoms with Crippen molar-refractivity contribution in [3.63, 3.8) is 0 Å². The van der Waals surface area contributed by atoms with Crippen LogP contribution in [0.25, 0.3) is 0 Å². The first-order valence-electron chi connectivity index (χ1n) is 6.57. The molecular formula is C14H20ClNO3S2. The minimum absolute atomic E-state index is 0.301. The minimum Gasteiger partial charge on any atom is -0.281 e. The van der Waals surface area contributed by atoms with Crippen LogP contribution in [0.2, 0.25) is 0 Å². The van der Waals surface area contributed by atoms with Gasteiger partial charge in [0.2, 0.25) is 15.3 Å². The molecule has 0 heterocycles. The van der Waals surface area contributed by atoms with Crippen molar-refractivity contribution in [3.05, 3.63) is 28.8 Å². The molecule has 1 aromatic carbocycles. The molecule has 118 valence electrons. The Bertz CT molecular complexity index is 592. The Morgan fingerprint density at radius 3 is 2.29 bits per heavy atom. The minimum atomic E-state index is -3.50. The normalized spacial score (nSPS) is 11.6. The molecule has 0 saturated carbocycles. The van der Waals surface area contributed by atoms with Crippen molar-refractivity contribution in [1.82, 2.24) is 4.72 Å². The van der Waals surface area contributed by atoms with E-state index in [0.717, 1.165) is 16.7 Å². The van der Waals surface area contributed by atoms with E-state index in [1.807, 2.05) is 19.1 Å². The van der Waals surface area contributed by atoms with Crippen LogP contribution in [-0.2, 0) is 14.8 Å². The second-order valence-corrected chi connectivity index (χ2v) is 8.19. The predicted octanol–water partition coefficient (Wildman–Crippen LogP) is 2.78.